The number of carbonyl (C=O) groups excluding carboxylic acids is 1. The van der Waals surface area contributed by atoms with Gasteiger partial charge in [0.15, 0.2) is 0 Å². The Balaban J connectivity index is 1.71. The lowest BCUT2D eigenvalue weighted by atomic mass is 10.2. The Kier molecular flexibility index (Phi) is 4.29. The van der Waals surface area contributed by atoms with Gasteiger partial charge in [-0.05, 0) is 43.3 Å². The summed E-state index contributed by atoms with van der Waals surface area (Å²) in [4.78, 5) is 22.8. The summed E-state index contributed by atoms with van der Waals surface area (Å²) in [5.41, 5.74) is 2.31. The zero-order valence-corrected chi connectivity index (χ0v) is 13.9. The van der Waals surface area contributed by atoms with Crippen LogP contribution in [0.15, 0.2) is 55.0 Å². The maximum absolute atomic E-state index is 12.3. The summed E-state index contributed by atoms with van der Waals surface area (Å²) in [7, 11) is 3.93. The van der Waals surface area contributed by atoms with E-state index in [0.29, 0.717) is 11.3 Å². The van der Waals surface area contributed by atoms with Crippen LogP contribution in [-0.4, -0.2) is 34.5 Å². The maximum atomic E-state index is 12.3. The minimum atomic E-state index is -0.159. The largest absolute Gasteiger partial charge is 0.378 e. The van der Waals surface area contributed by atoms with Crippen LogP contribution >= 0.6 is 0 Å². The third kappa shape index (κ3) is 3.27. The standard InChI is InChI=1S/C18H19N5O/c1-13-19-10-11-23(13)17-9-6-15(12-20-17)21-18(24)14-4-7-16(8-5-14)22(2)3/h4-12H,1-3H3,(H,21,24). The first-order valence-electron chi connectivity index (χ1n) is 7.60. The number of nitrogens with zero attached hydrogens (tertiary/aromatic N) is 4. The molecule has 0 bridgehead atoms. The van der Waals surface area contributed by atoms with E-state index in [-0.39, 0.29) is 5.91 Å². The van der Waals surface area contributed by atoms with Crippen molar-refractivity contribution in [3.63, 3.8) is 0 Å². The molecule has 0 aliphatic rings. The fourth-order valence-corrected chi connectivity index (χ4v) is 2.34. The first kappa shape index (κ1) is 15.7. The molecule has 2 aromatic heterocycles. The lowest BCUT2D eigenvalue weighted by Crippen LogP contribution is -2.13. The summed E-state index contributed by atoms with van der Waals surface area (Å²) in [5, 5.41) is 2.85. The van der Waals surface area contributed by atoms with Gasteiger partial charge in [-0.15, -0.1) is 0 Å². The normalized spacial score (nSPS) is 10.5. The van der Waals surface area contributed by atoms with E-state index in [2.05, 4.69) is 15.3 Å². The van der Waals surface area contributed by atoms with E-state index in [1.165, 1.54) is 0 Å². The summed E-state index contributed by atoms with van der Waals surface area (Å²) in [6.45, 7) is 1.91. The van der Waals surface area contributed by atoms with Gasteiger partial charge in [0.05, 0.1) is 11.9 Å². The zero-order chi connectivity index (χ0) is 17.1. The van der Waals surface area contributed by atoms with Gasteiger partial charge in [0, 0.05) is 37.7 Å². The molecule has 3 rings (SSSR count). The quantitative estimate of drug-likeness (QED) is 0.802. The van der Waals surface area contributed by atoms with Gasteiger partial charge in [-0.1, -0.05) is 0 Å². The summed E-state index contributed by atoms with van der Waals surface area (Å²) in [5.74, 6) is 1.47. The van der Waals surface area contributed by atoms with E-state index in [4.69, 9.17) is 0 Å². The number of imidazole rings is 1. The number of aromatic nitrogens is 3. The number of carbonyl (C=O) groups is 1. The van der Waals surface area contributed by atoms with Crippen molar-refractivity contribution in [1.82, 2.24) is 14.5 Å². The smallest absolute Gasteiger partial charge is 0.255 e. The Morgan fingerprint density at radius 2 is 1.83 bits per heavy atom. The van der Waals surface area contributed by atoms with Gasteiger partial charge in [-0.3, -0.25) is 9.36 Å². The number of rotatable bonds is 4. The molecule has 0 spiro atoms. The van der Waals surface area contributed by atoms with Gasteiger partial charge >= 0.3 is 0 Å². The number of benzene rings is 1. The van der Waals surface area contributed by atoms with Crippen molar-refractivity contribution >= 4 is 17.3 Å². The fourth-order valence-electron chi connectivity index (χ4n) is 2.34. The Morgan fingerprint density at radius 1 is 1.08 bits per heavy atom. The van der Waals surface area contributed by atoms with Crippen molar-refractivity contribution in [3.05, 3.63) is 66.4 Å². The maximum Gasteiger partial charge on any atom is 0.255 e. The first-order chi connectivity index (χ1) is 11.5. The van der Waals surface area contributed by atoms with E-state index >= 15 is 0 Å². The van der Waals surface area contributed by atoms with Crippen LogP contribution in [0.1, 0.15) is 16.2 Å². The highest BCUT2D eigenvalue weighted by Crippen LogP contribution is 2.15. The summed E-state index contributed by atoms with van der Waals surface area (Å²) >= 11 is 0. The minimum absolute atomic E-state index is 0.159. The van der Waals surface area contributed by atoms with Crippen LogP contribution in [0.4, 0.5) is 11.4 Å². The van der Waals surface area contributed by atoms with Crippen LogP contribution in [0.5, 0.6) is 0 Å². The Hall–Kier alpha value is -3.15. The molecule has 1 N–H and O–H groups in total. The van der Waals surface area contributed by atoms with Gasteiger partial charge in [-0.2, -0.15) is 0 Å². The molecule has 0 saturated carbocycles. The second-order valence-corrected chi connectivity index (χ2v) is 5.64. The Bertz CT molecular complexity index is 835. The number of pyridine rings is 1. The van der Waals surface area contributed by atoms with Crippen LogP contribution in [0.2, 0.25) is 0 Å². The van der Waals surface area contributed by atoms with Crippen LogP contribution in [-0.2, 0) is 0 Å². The molecule has 0 atom stereocenters. The molecule has 24 heavy (non-hydrogen) atoms. The first-order valence-corrected chi connectivity index (χ1v) is 7.60. The van der Waals surface area contributed by atoms with Gasteiger partial charge in [0.2, 0.25) is 0 Å². The molecule has 122 valence electrons. The molecular formula is C18H19N5O. The van der Waals surface area contributed by atoms with Gasteiger partial charge < -0.3 is 10.2 Å². The molecule has 1 amide bonds. The van der Waals surface area contributed by atoms with E-state index in [9.17, 15) is 4.79 Å². The molecule has 0 unspecified atom stereocenters. The summed E-state index contributed by atoms with van der Waals surface area (Å²) in [6.07, 6.45) is 5.22. The number of nitrogens with one attached hydrogen (secondary N) is 1. The Morgan fingerprint density at radius 3 is 2.38 bits per heavy atom. The fraction of sp³-hybridized carbons (Fsp3) is 0.167. The predicted molar refractivity (Wildman–Crippen MR) is 94.8 cm³/mol. The number of hydrogen-bond acceptors (Lipinski definition) is 4. The number of aryl methyl sites for hydroxylation is 1. The topological polar surface area (TPSA) is 63.1 Å². The number of amides is 1. The van der Waals surface area contributed by atoms with E-state index in [1.807, 2.05) is 60.9 Å². The number of anilines is 2. The molecule has 0 radical (unpaired) electrons. The molecule has 6 heteroatoms. The lowest BCUT2D eigenvalue weighted by molar-refractivity contribution is 0.102. The van der Waals surface area contributed by atoms with E-state index in [1.54, 1.807) is 24.5 Å². The van der Waals surface area contributed by atoms with Crippen molar-refractivity contribution in [2.75, 3.05) is 24.3 Å². The van der Waals surface area contributed by atoms with Crippen molar-refractivity contribution in [3.8, 4) is 5.82 Å². The van der Waals surface area contributed by atoms with Gasteiger partial charge in [-0.25, -0.2) is 9.97 Å². The van der Waals surface area contributed by atoms with E-state index in [0.717, 1.165) is 17.3 Å². The van der Waals surface area contributed by atoms with E-state index < -0.39 is 0 Å². The molecule has 1 aromatic carbocycles. The van der Waals surface area contributed by atoms with Crippen LogP contribution in [0, 0.1) is 6.92 Å². The molecule has 0 aliphatic heterocycles. The summed E-state index contributed by atoms with van der Waals surface area (Å²) in [6, 6.07) is 11.1. The predicted octanol–water partition coefficient (Wildman–Crippen LogP) is 2.89. The average Bonchev–Trinajstić information content (AvgIpc) is 3.01. The van der Waals surface area contributed by atoms with Crippen LogP contribution in [0.25, 0.3) is 5.82 Å². The summed E-state index contributed by atoms with van der Waals surface area (Å²) < 4.78 is 1.88. The van der Waals surface area contributed by atoms with Crippen LogP contribution < -0.4 is 10.2 Å². The van der Waals surface area contributed by atoms with Crippen molar-refractivity contribution in [2.45, 2.75) is 6.92 Å². The second-order valence-electron chi connectivity index (χ2n) is 5.64. The SMILES string of the molecule is Cc1nccn1-c1ccc(NC(=O)c2ccc(N(C)C)cc2)cn1. The minimum Gasteiger partial charge on any atom is -0.378 e. The monoisotopic (exact) mass is 321 g/mol. The average molecular weight is 321 g/mol. The lowest BCUT2D eigenvalue weighted by Gasteiger charge is -2.12. The Labute approximate surface area is 140 Å². The second kappa shape index (κ2) is 6.54. The molecule has 6 nitrogen and oxygen atoms in total. The molecule has 3 aromatic rings. The van der Waals surface area contributed by atoms with Crippen LogP contribution in [0.3, 0.4) is 0 Å². The molecule has 0 aliphatic carbocycles. The zero-order valence-electron chi connectivity index (χ0n) is 13.9. The molecule has 0 fully saturated rings. The highest BCUT2D eigenvalue weighted by atomic mass is 16.1. The highest BCUT2D eigenvalue weighted by molar-refractivity contribution is 6.04. The molecule has 2 heterocycles. The third-order valence-corrected chi connectivity index (χ3v) is 3.72. The third-order valence-electron chi connectivity index (χ3n) is 3.72. The highest BCUT2D eigenvalue weighted by Gasteiger charge is 2.08. The van der Waals surface area contributed by atoms with Gasteiger partial charge in [0.25, 0.3) is 5.91 Å². The molecule has 0 saturated heterocycles. The van der Waals surface area contributed by atoms with Crippen molar-refractivity contribution in [1.29, 1.82) is 0 Å². The van der Waals surface area contributed by atoms with Crippen molar-refractivity contribution < 1.29 is 4.79 Å². The van der Waals surface area contributed by atoms with Gasteiger partial charge in [0.1, 0.15) is 11.6 Å². The molecular weight excluding hydrogens is 302 g/mol. The van der Waals surface area contributed by atoms with Crippen molar-refractivity contribution in [2.24, 2.45) is 0 Å². The number of hydrogen-bond donors (Lipinski definition) is 1.